The second kappa shape index (κ2) is 8.22. The van der Waals surface area contributed by atoms with Crippen molar-refractivity contribution in [2.75, 3.05) is 37.4 Å². The van der Waals surface area contributed by atoms with Crippen LogP contribution in [0.1, 0.15) is 30.8 Å². The number of ether oxygens (including phenoxy) is 1. The van der Waals surface area contributed by atoms with Gasteiger partial charge < -0.3 is 15.0 Å². The zero-order valence-corrected chi connectivity index (χ0v) is 14.3. The molecule has 1 aliphatic rings. The number of rotatable bonds is 7. The smallest absolute Gasteiger partial charge is 0.185 e. The maximum absolute atomic E-state index is 5.29. The average Bonchev–Trinajstić information content (AvgIpc) is 2.83. The summed E-state index contributed by atoms with van der Waals surface area (Å²) in [7, 11) is 1.74. The molecule has 0 radical (unpaired) electrons. The summed E-state index contributed by atoms with van der Waals surface area (Å²) < 4.78 is 5.29. The molecule has 1 saturated heterocycles. The molecule has 4 nitrogen and oxygen atoms in total. The molecule has 0 aliphatic carbocycles. The Labute approximate surface area is 130 Å². The molecule has 1 unspecified atom stereocenters. The summed E-state index contributed by atoms with van der Waals surface area (Å²) in [5.74, 6) is 1.20. The summed E-state index contributed by atoms with van der Waals surface area (Å²) in [4.78, 5) is 8.55. The molecule has 0 aromatic carbocycles. The van der Waals surface area contributed by atoms with Gasteiger partial charge in [0.25, 0.3) is 0 Å². The molecule has 6 heteroatoms. The van der Waals surface area contributed by atoms with Crippen LogP contribution in [0.25, 0.3) is 0 Å². The van der Waals surface area contributed by atoms with Crippen LogP contribution in [0.3, 0.4) is 0 Å². The quantitative estimate of drug-likeness (QED) is 0.783. The number of hydrogen-bond acceptors (Lipinski definition) is 6. The fourth-order valence-electron chi connectivity index (χ4n) is 2.26. The van der Waals surface area contributed by atoms with Crippen LogP contribution < -0.4 is 10.2 Å². The number of thiazole rings is 1. The third-order valence-electron chi connectivity index (χ3n) is 3.27. The second-order valence-electron chi connectivity index (χ2n) is 5.10. The number of aromatic nitrogens is 1. The number of thioether (sulfide) groups is 1. The normalized spacial score (nSPS) is 19.6. The van der Waals surface area contributed by atoms with Crippen molar-refractivity contribution in [1.29, 1.82) is 0 Å². The number of nitrogens with one attached hydrogen (secondary N) is 1. The molecule has 114 valence electrons. The molecule has 1 aromatic rings. The monoisotopic (exact) mass is 315 g/mol. The average molecular weight is 316 g/mol. The lowest BCUT2D eigenvalue weighted by Gasteiger charge is -2.30. The predicted octanol–water partition coefficient (Wildman–Crippen LogP) is 2.73. The van der Waals surface area contributed by atoms with Crippen LogP contribution in [0.5, 0.6) is 0 Å². The van der Waals surface area contributed by atoms with Crippen molar-refractivity contribution < 1.29 is 4.74 Å². The standard InChI is InChI=1S/C14H25N3OS2/c1-4-5-15-8-13-12(10-18-3)16-14(20-13)17-6-7-19-11(2)9-17/h11,15H,4-10H2,1-3H3. The van der Waals surface area contributed by atoms with Gasteiger partial charge in [0.1, 0.15) is 0 Å². The zero-order chi connectivity index (χ0) is 14.4. The van der Waals surface area contributed by atoms with Crippen LogP contribution in [0.4, 0.5) is 5.13 Å². The van der Waals surface area contributed by atoms with Crippen LogP contribution in [0, 0.1) is 0 Å². The van der Waals surface area contributed by atoms with E-state index in [1.807, 2.05) is 11.3 Å². The Morgan fingerprint density at radius 1 is 1.50 bits per heavy atom. The first-order valence-corrected chi connectivity index (χ1v) is 9.15. The third-order valence-corrected chi connectivity index (χ3v) is 5.57. The highest BCUT2D eigenvalue weighted by atomic mass is 32.2. The SMILES string of the molecule is CCCNCc1sc(N2CCSC(C)C2)nc1COC. The van der Waals surface area contributed by atoms with Crippen molar-refractivity contribution in [3.63, 3.8) is 0 Å². The number of hydrogen-bond donors (Lipinski definition) is 1. The van der Waals surface area contributed by atoms with Crippen LogP contribution in [-0.4, -0.2) is 42.7 Å². The molecule has 0 saturated carbocycles. The third kappa shape index (κ3) is 4.35. The Morgan fingerprint density at radius 2 is 2.35 bits per heavy atom. The van der Waals surface area contributed by atoms with E-state index in [1.165, 1.54) is 10.6 Å². The minimum Gasteiger partial charge on any atom is -0.378 e. The molecule has 1 aromatic heterocycles. The van der Waals surface area contributed by atoms with E-state index >= 15 is 0 Å². The molecule has 1 aliphatic heterocycles. The highest BCUT2D eigenvalue weighted by Gasteiger charge is 2.21. The van der Waals surface area contributed by atoms with Crippen molar-refractivity contribution in [3.8, 4) is 0 Å². The molecule has 1 fully saturated rings. The molecule has 2 rings (SSSR count). The van der Waals surface area contributed by atoms with Crippen LogP contribution in [-0.2, 0) is 17.9 Å². The van der Waals surface area contributed by atoms with Gasteiger partial charge in [0.2, 0.25) is 0 Å². The maximum atomic E-state index is 5.29. The Bertz CT molecular complexity index is 411. The molecule has 1 atom stereocenters. The summed E-state index contributed by atoms with van der Waals surface area (Å²) in [6.07, 6.45) is 1.16. The first-order chi connectivity index (χ1) is 9.74. The van der Waals surface area contributed by atoms with E-state index in [2.05, 4.69) is 35.8 Å². The molecule has 20 heavy (non-hydrogen) atoms. The lowest BCUT2D eigenvalue weighted by atomic mass is 10.3. The van der Waals surface area contributed by atoms with E-state index in [0.29, 0.717) is 11.9 Å². The highest BCUT2D eigenvalue weighted by molar-refractivity contribution is 8.00. The topological polar surface area (TPSA) is 37.4 Å². The van der Waals surface area contributed by atoms with Gasteiger partial charge in [0.15, 0.2) is 5.13 Å². The summed E-state index contributed by atoms with van der Waals surface area (Å²) in [5.41, 5.74) is 1.10. The van der Waals surface area contributed by atoms with Crippen molar-refractivity contribution in [2.24, 2.45) is 0 Å². The first-order valence-electron chi connectivity index (χ1n) is 7.29. The van der Waals surface area contributed by atoms with Gasteiger partial charge in [-0.1, -0.05) is 13.8 Å². The molecule has 0 bridgehead atoms. The van der Waals surface area contributed by atoms with Gasteiger partial charge in [-0.15, -0.1) is 11.3 Å². The van der Waals surface area contributed by atoms with Gasteiger partial charge >= 0.3 is 0 Å². The molecule has 2 heterocycles. The zero-order valence-electron chi connectivity index (χ0n) is 12.6. The maximum Gasteiger partial charge on any atom is 0.185 e. The van der Waals surface area contributed by atoms with Crippen molar-refractivity contribution >= 4 is 28.2 Å². The van der Waals surface area contributed by atoms with Crippen molar-refractivity contribution in [3.05, 3.63) is 10.6 Å². The molecule has 1 N–H and O–H groups in total. The van der Waals surface area contributed by atoms with E-state index in [0.717, 1.165) is 43.4 Å². The number of nitrogens with zero attached hydrogens (tertiary/aromatic N) is 2. The van der Waals surface area contributed by atoms with E-state index in [9.17, 15) is 0 Å². The van der Waals surface area contributed by atoms with Crippen LogP contribution in [0.15, 0.2) is 0 Å². The van der Waals surface area contributed by atoms with Crippen molar-refractivity contribution in [1.82, 2.24) is 10.3 Å². The first kappa shape index (κ1) is 16.1. The van der Waals surface area contributed by atoms with Gasteiger partial charge in [-0.25, -0.2) is 4.98 Å². The summed E-state index contributed by atoms with van der Waals surface area (Å²) in [6.45, 7) is 9.26. The number of anilines is 1. The predicted molar refractivity (Wildman–Crippen MR) is 89.0 cm³/mol. The van der Waals surface area contributed by atoms with E-state index in [-0.39, 0.29) is 0 Å². The minimum absolute atomic E-state index is 0.609. The van der Waals surface area contributed by atoms with Gasteiger partial charge in [-0.2, -0.15) is 11.8 Å². The second-order valence-corrected chi connectivity index (χ2v) is 7.71. The Kier molecular flexibility index (Phi) is 6.61. The lowest BCUT2D eigenvalue weighted by molar-refractivity contribution is 0.181. The van der Waals surface area contributed by atoms with Crippen LogP contribution in [0.2, 0.25) is 0 Å². The lowest BCUT2D eigenvalue weighted by Crippen LogP contribution is -2.36. The Morgan fingerprint density at radius 3 is 3.05 bits per heavy atom. The largest absolute Gasteiger partial charge is 0.378 e. The van der Waals surface area contributed by atoms with Gasteiger partial charge in [-0.3, -0.25) is 0 Å². The number of methoxy groups -OCH3 is 1. The Hall–Kier alpha value is -0.300. The van der Waals surface area contributed by atoms with Gasteiger partial charge in [-0.05, 0) is 13.0 Å². The van der Waals surface area contributed by atoms with Crippen molar-refractivity contribution in [2.45, 2.75) is 38.7 Å². The van der Waals surface area contributed by atoms with E-state index in [1.54, 1.807) is 7.11 Å². The summed E-state index contributed by atoms with van der Waals surface area (Å²) >= 11 is 3.87. The van der Waals surface area contributed by atoms with Gasteiger partial charge in [0, 0.05) is 42.6 Å². The molecule has 0 spiro atoms. The fourth-order valence-corrected chi connectivity index (χ4v) is 4.34. The Balaban J connectivity index is 2.06. The van der Waals surface area contributed by atoms with E-state index < -0.39 is 0 Å². The van der Waals surface area contributed by atoms with E-state index in [4.69, 9.17) is 9.72 Å². The fraction of sp³-hybridized carbons (Fsp3) is 0.786. The minimum atomic E-state index is 0.609. The summed E-state index contributed by atoms with van der Waals surface area (Å²) in [5, 5.41) is 5.33. The summed E-state index contributed by atoms with van der Waals surface area (Å²) in [6, 6.07) is 0. The molecule has 0 amide bonds. The molecular formula is C14H25N3OS2. The highest BCUT2D eigenvalue weighted by Crippen LogP contribution is 2.30. The van der Waals surface area contributed by atoms with Crippen LogP contribution >= 0.6 is 23.1 Å². The van der Waals surface area contributed by atoms with Gasteiger partial charge in [0.05, 0.1) is 12.3 Å². The molecular weight excluding hydrogens is 290 g/mol.